The summed E-state index contributed by atoms with van der Waals surface area (Å²) in [5.41, 5.74) is 5.25. The Balaban J connectivity index is 1.44. The lowest BCUT2D eigenvalue weighted by Gasteiger charge is -2.28. The van der Waals surface area contributed by atoms with Crippen LogP contribution in [0, 0.1) is 6.92 Å². The van der Waals surface area contributed by atoms with E-state index in [2.05, 4.69) is 51.1 Å². The summed E-state index contributed by atoms with van der Waals surface area (Å²) < 4.78 is 25.4. The van der Waals surface area contributed by atoms with E-state index in [9.17, 15) is 8.42 Å². The number of benzene rings is 1. The third kappa shape index (κ3) is 4.71. The Hall–Kier alpha value is -2.29. The molecule has 0 saturated carbocycles. The Morgan fingerprint density at radius 1 is 1.20 bits per heavy atom. The second-order valence-electron chi connectivity index (χ2n) is 7.77. The fourth-order valence-electron chi connectivity index (χ4n) is 3.96. The van der Waals surface area contributed by atoms with Crippen molar-refractivity contribution in [2.45, 2.75) is 36.7 Å². The minimum atomic E-state index is -3.50. The van der Waals surface area contributed by atoms with Crippen LogP contribution in [0.3, 0.4) is 0 Å². The van der Waals surface area contributed by atoms with Crippen LogP contribution in [0.5, 0.6) is 0 Å². The molecule has 0 N–H and O–H groups in total. The first-order valence-corrected chi connectivity index (χ1v) is 12.6. The molecule has 0 unspecified atom stereocenters. The molecule has 158 valence electrons. The van der Waals surface area contributed by atoms with Crippen molar-refractivity contribution < 1.29 is 8.42 Å². The summed E-state index contributed by atoms with van der Waals surface area (Å²) in [6, 6.07) is 14.4. The second kappa shape index (κ2) is 8.83. The largest absolute Gasteiger partial charge is 0.369 e. The first kappa shape index (κ1) is 21.0. The number of likely N-dealkylation sites (N-methyl/N-ethyl adjacent to an activating group) is 1. The van der Waals surface area contributed by atoms with Crippen LogP contribution in [-0.4, -0.2) is 49.5 Å². The van der Waals surface area contributed by atoms with Gasteiger partial charge in [-0.05, 0) is 31.0 Å². The quantitative estimate of drug-likeness (QED) is 0.558. The van der Waals surface area contributed by atoms with Crippen molar-refractivity contribution >= 4 is 26.9 Å². The van der Waals surface area contributed by atoms with Crippen LogP contribution in [0.1, 0.15) is 23.4 Å². The summed E-state index contributed by atoms with van der Waals surface area (Å²) >= 11 is 1.39. The van der Waals surface area contributed by atoms with Crippen molar-refractivity contribution in [3.05, 3.63) is 70.3 Å². The van der Waals surface area contributed by atoms with Crippen LogP contribution in [0.2, 0.25) is 0 Å². The van der Waals surface area contributed by atoms with Gasteiger partial charge in [-0.2, -0.15) is 0 Å². The molecule has 8 heteroatoms. The Kier molecular flexibility index (Phi) is 6.17. The van der Waals surface area contributed by atoms with E-state index in [-0.39, 0.29) is 10.8 Å². The first-order chi connectivity index (χ1) is 14.4. The smallest absolute Gasteiger partial charge is 0.201 e. The van der Waals surface area contributed by atoms with Crippen molar-refractivity contribution in [3.63, 3.8) is 0 Å². The lowest BCUT2D eigenvalue weighted by atomic mass is 10.2. The summed E-state index contributed by atoms with van der Waals surface area (Å²) in [5, 5.41) is 1.87. The summed E-state index contributed by atoms with van der Waals surface area (Å²) in [4.78, 5) is 13.2. The zero-order chi connectivity index (χ0) is 21.1. The molecule has 30 heavy (non-hydrogen) atoms. The van der Waals surface area contributed by atoms with Crippen molar-refractivity contribution in [2.24, 2.45) is 0 Å². The monoisotopic (exact) mass is 442 g/mol. The number of aryl methyl sites for hydroxylation is 1. The standard InChI is InChI=1S/C22H26N4O2S2/c1-17-21(8-9-22(24-17)30(27,28)15-19-14-29-16-23-19)25(2)20-10-11-26(13-20)12-18-6-4-3-5-7-18/h3-9,14,16,20H,10-13,15H2,1-2H3/t20-/m0/s1. The number of aromatic nitrogens is 2. The summed E-state index contributed by atoms with van der Waals surface area (Å²) in [7, 11) is -1.43. The van der Waals surface area contributed by atoms with E-state index in [1.165, 1.54) is 16.9 Å². The number of sulfone groups is 1. The third-order valence-electron chi connectivity index (χ3n) is 5.60. The molecule has 0 radical (unpaired) electrons. The van der Waals surface area contributed by atoms with Gasteiger partial charge in [0.1, 0.15) is 0 Å². The third-order valence-corrected chi connectivity index (χ3v) is 7.77. The number of likely N-dealkylation sites (tertiary alicyclic amines) is 1. The van der Waals surface area contributed by atoms with Gasteiger partial charge in [-0.3, -0.25) is 4.90 Å². The second-order valence-corrected chi connectivity index (χ2v) is 10.4. The number of hydrogen-bond acceptors (Lipinski definition) is 7. The van der Waals surface area contributed by atoms with E-state index < -0.39 is 9.84 Å². The normalized spacial score (nSPS) is 17.3. The molecular formula is C22H26N4O2S2. The zero-order valence-electron chi connectivity index (χ0n) is 17.2. The molecular weight excluding hydrogens is 416 g/mol. The van der Waals surface area contributed by atoms with Crippen molar-refractivity contribution in [3.8, 4) is 0 Å². The number of nitrogens with zero attached hydrogens (tertiary/aromatic N) is 4. The first-order valence-electron chi connectivity index (χ1n) is 9.99. The summed E-state index contributed by atoms with van der Waals surface area (Å²) in [5.74, 6) is -0.116. The van der Waals surface area contributed by atoms with Gasteiger partial charge in [0, 0.05) is 38.1 Å². The molecule has 0 spiro atoms. The van der Waals surface area contributed by atoms with E-state index >= 15 is 0 Å². The average molecular weight is 443 g/mol. The predicted octanol–water partition coefficient (Wildman–Crippen LogP) is 3.53. The van der Waals surface area contributed by atoms with Gasteiger partial charge in [0.2, 0.25) is 9.84 Å². The van der Waals surface area contributed by atoms with Gasteiger partial charge >= 0.3 is 0 Å². The molecule has 4 rings (SSSR count). The maximum atomic E-state index is 12.7. The van der Waals surface area contributed by atoms with Crippen LogP contribution in [0.4, 0.5) is 5.69 Å². The lowest BCUT2D eigenvalue weighted by molar-refractivity contribution is 0.326. The van der Waals surface area contributed by atoms with E-state index in [0.717, 1.165) is 37.4 Å². The van der Waals surface area contributed by atoms with E-state index in [1.54, 1.807) is 17.0 Å². The number of pyridine rings is 1. The Morgan fingerprint density at radius 3 is 2.70 bits per heavy atom. The van der Waals surface area contributed by atoms with Gasteiger partial charge in [-0.25, -0.2) is 18.4 Å². The van der Waals surface area contributed by atoms with Crippen LogP contribution < -0.4 is 4.90 Å². The Labute approximate surface area is 182 Å². The fraction of sp³-hybridized carbons (Fsp3) is 0.364. The van der Waals surface area contributed by atoms with E-state index in [1.807, 2.05) is 19.1 Å². The van der Waals surface area contributed by atoms with Crippen LogP contribution in [0.15, 0.2) is 58.4 Å². The lowest BCUT2D eigenvalue weighted by Crippen LogP contribution is -2.35. The molecule has 1 aliphatic heterocycles. The zero-order valence-corrected chi connectivity index (χ0v) is 18.9. The molecule has 1 fully saturated rings. The van der Waals surface area contributed by atoms with Gasteiger partial charge < -0.3 is 4.90 Å². The molecule has 3 heterocycles. The van der Waals surface area contributed by atoms with Gasteiger partial charge in [-0.1, -0.05) is 30.3 Å². The topological polar surface area (TPSA) is 66.4 Å². The maximum absolute atomic E-state index is 12.7. The maximum Gasteiger partial charge on any atom is 0.201 e. The van der Waals surface area contributed by atoms with E-state index in [0.29, 0.717) is 11.7 Å². The molecule has 1 aromatic carbocycles. The molecule has 1 aliphatic rings. The minimum absolute atomic E-state index is 0.113. The van der Waals surface area contributed by atoms with Crippen molar-refractivity contribution in [1.82, 2.24) is 14.9 Å². The van der Waals surface area contributed by atoms with Gasteiger partial charge in [-0.15, -0.1) is 11.3 Å². The van der Waals surface area contributed by atoms with Crippen LogP contribution in [-0.2, 0) is 22.1 Å². The minimum Gasteiger partial charge on any atom is -0.369 e. The Morgan fingerprint density at radius 2 is 2.00 bits per heavy atom. The molecule has 1 saturated heterocycles. The van der Waals surface area contributed by atoms with Crippen molar-refractivity contribution in [1.29, 1.82) is 0 Å². The van der Waals surface area contributed by atoms with Crippen LogP contribution in [0.25, 0.3) is 0 Å². The van der Waals surface area contributed by atoms with Crippen LogP contribution >= 0.6 is 11.3 Å². The summed E-state index contributed by atoms with van der Waals surface area (Å²) in [6.07, 6.45) is 1.08. The molecule has 0 amide bonds. The summed E-state index contributed by atoms with van der Waals surface area (Å²) in [6.45, 7) is 4.87. The molecule has 3 aromatic rings. The molecule has 0 aliphatic carbocycles. The highest BCUT2D eigenvalue weighted by Crippen LogP contribution is 2.26. The number of rotatable bonds is 7. The highest BCUT2D eigenvalue weighted by Gasteiger charge is 2.27. The molecule has 2 aromatic heterocycles. The highest BCUT2D eigenvalue weighted by atomic mass is 32.2. The SMILES string of the molecule is Cc1nc(S(=O)(=O)Cc2cscn2)ccc1N(C)[C@H]1CCN(Cc2ccccc2)C1. The van der Waals surface area contributed by atoms with E-state index in [4.69, 9.17) is 0 Å². The predicted molar refractivity (Wildman–Crippen MR) is 121 cm³/mol. The number of anilines is 1. The van der Waals surface area contributed by atoms with Gasteiger partial charge in [0.25, 0.3) is 0 Å². The average Bonchev–Trinajstić information content (AvgIpc) is 3.40. The van der Waals surface area contributed by atoms with Gasteiger partial charge in [0.05, 0.1) is 28.3 Å². The molecule has 1 atom stereocenters. The molecule has 0 bridgehead atoms. The Bertz CT molecular complexity index is 1090. The fourth-order valence-corrected chi connectivity index (χ4v) is 5.87. The highest BCUT2D eigenvalue weighted by molar-refractivity contribution is 7.90. The molecule has 6 nitrogen and oxygen atoms in total. The van der Waals surface area contributed by atoms with Gasteiger partial charge in [0.15, 0.2) is 5.03 Å². The van der Waals surface area contributed by atoms with Crippen molar-refractivity contribution in [2.75, 3.05) is 25.0 Å². The number of hydrogen-bond donors (Lipinski definition) is 0. The number of thiazole rings is 1.